The first kappa shape index (κ1) is 71.4. The fourth-order valence-electron chi connectivity index (χ4n) is 9.70. The van der Waals surface area contributed by atoms with E-state index in [1.807, 2.05) is 0 Å². The van der Waals surface area contributed by atoms with Crippen molar-refractivity contribution in [2.24, 2.45) is 0 Å². The van der Waals surface area contributed by atoms with Crippen molar-refractivity contribution in [3.8, 4) is 0 Å². The van der Waals surface area contributed by atoms with E-state index in [4.69, 9.17) is 14.2 Å². The molecule has 0 aliphatic rings. The highest BCUT2D eigenvalue weighted by Gasteiger charge is 2.19. The molecular weight excluding hydrogens is 913 g/mol. The molecule has 0 aromatic heterocycles. The van der Waals surface area contributed by atoms with Gasteiger partial charge in [0.05, 0.1) is 0 Å². The molecule has 6 nitrogen and oxygen atoms in total. The van der Waals surface area contributed by atoms with Gasteiger partial charge in [-0.15, -0.1) is 0 Å². The molecule has 6 heteroatoms. The molecule has 0 N–H and O–H groups in total. The SMILES string of the molecule is CC/C=C\C/C=C\C/C=C\CCCCCCCC(=O)OC(COC(=O)CCCCCCC/C=C\CCC)COC(=O)CCCCCCCCCCCCCCCCCCCCCCCCCCCCCCCCC. The first-order chi connectivity index (χ1) is 36.5. The van der Waals surface area contributed by atoms with Crippen molar-refractivity contribution in [2.45, 2.75) is 354 Å². The molecule has 1 atom stereocenters. The summed E-state index contributed by atoms with van der Waals surface area (Å²) in [5.74, 6) is -0.893. The smallest absolute Gasteiger partial charge is 0.306 e. The third kappa shape index (κ3) is 60.2. The monoisotopic (exact) mass is 1040 g/mol. The van der Waals surface area contributed by atoms with Crippen LogP contribution in [0.5, 0.6) is 0 Å². The lowest BCUT2D eigenvalue weighted by Crippen LogP contribution is -2.30. The van der Waals surface area contributed by atoms with Gasteiger partial charge in [-0.3, -0.25) is 14.4 Å². The number of allylic oxidation sites excluding steroid dienone is 8. The van der Waals surface area contributed by atoms with Gasteiger partial charge >= 0.3 is 17.9 Å². The van der Waals surface area contributed by atoms with E-state index in [0.717, 1.165) is 109 Å². The summed E-state index contributed by atoms with van der Waals surface area (Å²) in [4.78, 5) is 38.1. The van der Waals surface area contributed by atoms with E-state index >= 15 is 0 Å². The Kier molecular flexibility index (Phi) is 60.7. The minimum atomic E-state index is -0.783. The van der Waals surface area contributed by atoms with Crippen LogP contribution in [0.15, 0.2) is 48.6 Å². The molecular formula is C68H124O6. The second-order valence-electron chi connectivity index (χ2n) is 22.0. The predicted molar refractivity (Wildman–Crippen MR) is 321 cm³/mol. The summed E-state index contributed by atoms with van der Waals surface area (Å²) in [6.45, 7) is 6.49. The first-order valence-electron chi connectivity index (χ1n) is 32.6. The lowest BCUT2D eigenvalue weighted by atomic mass is 10.0. The summed E-state index contributed by atoms with van der Waals surface area (Å²) in [6.07, 6.45) is 78.8. The second-order valence-corrected chi connectivity index (χ2v) is 22.0. The van der Waals surface area contributed by atoms with Crippen LogP contribution in [0, 0.1) is 0 Å². The molecule has 432 valence electrons. The standard InChI is InChI=1S/C68H124O6/c1-4-7-10-13-16-19-22-24-26-27-28-29-30-31-32-33-34-35-36-37-38-39-40-41-43-44-46-49-52-55-58-61-67(70)73-64-65(63-72-66(69)60-57-54-51-48-21-18-15-12-9-6-3)74-68(71)62-59-56-53-50-47-45-42-25-23-20-17-14-11-8-5-2/h8,11-12,15,17,20,25,42,65H,4-7,9-10,13-14,16,18-19,21-24,26-41,43-64H2,1-3H3/b11-8-,15-12-,20-17-,42-25-. The van der Waals surface area contributed by atoms with Crippen LogP contribution >= 0.6 is 0 Å². The minimum Gasteiger partial charge on any atom is -0.462 e. The van der Waals surface area contributed by atoms with Crippen LogP contribution in [0.1, 0.15) is 348 Å². The topological polar surface area (TPSA) is 78.9 Å². The fraction of sp³-hybridized carbons (Fsp3) is 0.838. The molecule has 0 aromatic carbocycles. The van der Waals surface area contributed by atoms with Gasteiger partial charge in [-0.2, -0.15) is 0 Å². The number of ether oxygens (including phenoxy) is 3. The largest absolute Gasteiger partial charge is 0.462 e. The average Bonchev–Trinajstić information content (AvgIpc) is 3.40. The molecule has 0 heterocycles. The maximum absolute atomic E-state index is 12.8. The molecule has 0 saturated carbocycles. The van der Waals surface area contributed by atoms with Crippen molar-refractivity contribution in [3.63, 3.8) is 0 Å². The third-order valence-electron chi connectivity index (χ3n) is 14.5. The normalized spacial score (nSPS) is 12.3. The molecule has 0 spiro atoms. The second kappa shape index (κ2) is 62.9. The first-order valence-corrected chi connectivity index (χ1v) is 32.6. The van der Waals surface area contributed by atoms with Crippen molar-refractivity contribution in [3.05, 3.63) is 48.6 Å². The van der Waals surface area contributed by atoms with E-state index in [0.29, 0.717) is 19.3 Å². The Hall–Kier alpha value is -2.63. The predicted octanol–water partition coefficient (Wildman–Crippen LogP) is 22.2. The molecule has 0 aliphatic heterocycles. The van der Waals surface area contributed by atoms with Gasteiger partial charge in [-0.05, 0) is 70.6 Å². The van der Waals surface area contributed by atoms with Gasteiger partial charge in [0.15, 0.2) is 6.10 Å². The Bertz CT molecular complexity index is 1280. The van der Waals surface area contributed by atoms with Crippen molar-refractivity contribution in [1.29, 1.82) is 0 Å². The summed E-state index contributed by atoms with van der Waals surface area (Å²) in [7, 11) is 0. The number of rotatable bonds is 60. The van der Waals surface area contributed by atoms with E-state index < -0.39 is 6.10 Å². The summed E-state index contributed by atoms with van der Waals surface area (Å²) < 4.78 is 16.9. The van der Waals surface area contributed by atoms with Crippen LogP contribution < -0.4 is 0 Å². The number of carbonyl (C=O) groups excluding carboxylic acids is 3. The Balaban J connectivity index is 4.06. The van der Waals surface area contributed by atoms with Gasteiger partial charge in [0, 0.05) is 19.3 Å². The lowest BCUT2D eigenvalue weighted by molar-refractivity contribution is -0.167. The Morgan fingerprint density at radius 3 is 0.892 bits per heavy atom. The number of unbranched alkanes of at least 4 members (excludes halogenated alkanes) is 41. The van der Waals surface area contributed by atoms with Crippen LogP contribution in [0.3, 0.4) is 0 Å². The van der Waals surface area contributed by atoms with E-state index in [9.17, 15) is 14.4 Å². The molecule has 0 saturated heterocycles. The fourth-order valence-corrected chi connectivity index (χ4v) is 9.70. The van der Waals surface area contributed by atoms with Gasteiger partial charge in [0.25, 0.3) is 0 Å². The molecule has 0 aliphatic carbocycles. The van der Waals surface area contributed by atoms with Crippen molar-refractivity contribution in [1.82, 2.24) is 0 Å². The van der Waals surface area contributed by atoms with Crippen molar-refractivity contribution < 1.29 is 28.6 Å². The van der Waals surface area contributed by atoms with Crippen LogP contribution in [-0.4, -0.2) is 37.2 Å². The van der Waals surface area contributed by atoms with Crippen LogP contribution in [0.2, 0.25) is 0 Å². The van der Waals surface area contributed by atoms with Crippen LogP contribution in [0.4, 0.5) is 0 Å². The molecule has 0 amide bonds. The van der Waals surface area contributed by atoms with Crippen LogP contribution in [0.25, 0.3) is 0 Å². The molecule has 1 unspecified atom stereocenters. The van der Waals surface area contributed by atoms with Crippen molar-refractivity contribution >= 4 is 17.9 Å². The van der Waals surface area contributed by atoms with Gasteiger partial charge in [-0.1, -0.05) is 307 Å². The van der Waals surface area contributed by atoms with Gasteiger partial charge in [0.1, 0.15) is 13.2 Å². The van der Waals surface area contributed by atoms with Crippen LogP contribution in [-0.2, 0) is 28.6 Å². The molecule has 74 heavy (non-hydrogen) atoms. The van der Waals surface area contributed by atoms with E-state index in [2.05, 4.69) is 69.4 Å². The Labute approximate surface area is 460 Å². The van der Waals surface area contributed by atoms with Gasteiger partial charge < -0.3 is 14.2 Å². The van der Waals surface area contributed by atoms with E-state index in [-0.39, 0.29) is 31.1 Å². The molecule has 0 rings (SSSR count). The van der Waals surface area contributed by atoms with Crippen molar-refractivity contribution in [2.75, 3.05) is 13.2 Å². The highest BCUT2D eigenvalue weighted by Crippen LogP contribution is 2.18. The third-order valence-corrected chi connectivity index (χ3v) is 14.5. The average molecular weight is 1040 g/mol. The quantitative estimate of drug-likeness (QED) is 0.0261. The highest BCUT2D eigenvalue weighted by molar-refractivity contribution is 5.71. The maximum atomic E-state index is 12.8. The zero-order valence-corrected chi connectivity index (χ0v) is 49.6. The summed E-state index contributed by atoms with van der Waals surface area (Å²) in [6, 6.07) is 0. The number of esters is 3. The van der Waals surface area contributed by atoms with Gasteiger partial charge in [0.2, 0.25) is 0 Å². The summed E-state index contributed by atoms with van der Waals surface area (Å²) in [5, 5.41) is 0. The van der Waals surface area contributed by atoms with E-state index in [1.54, 1.807) is 0 Å². The maximum Gasteiger partial charge on any atom is 0.306 e. The minimum absolute atomic E-state index is 0.0800. The van der Waals surface area contributed by atoms with Gasteiger partial charge in [-0.25, -0.2) is 0 Å². The molecule has 0 fully saturated rings. The molecule has 0 bridgehead atoms. The Morgan fingerprint density at radius 1 is 0.284 bits per heavy atom. The highest BCUT2D eigenvalue weighted by atomic mass is 16.6. The number of hydrogen-bond acceptors (Lipinski definition) is 6. The molecule has 0 aromatic rings. The summed E-state index contributed by atoms with van der Waals surface area (Å²) >= 11 is 0. The molecule has 0 radical (unpaired) electrons. The lowest BCUT2D eigenvalue weighted by Gasteiger charge is -2.18. The Morgan fingerprint density at radius 2 is 0.554 bits per heavy atom. The number of hydrogen-bond donors (Lipinski definition) is 0. The zero-order chi connectivity index (χ0) is 53.6. The van der Waals surface area contributed by atoms with E-state index in [1.165, 1.54) is 199 Å². The zero-order valence-electron chi connectivity index (χ0n) is 49.6. The number of carbonyl (C=O) groups is 3. The summed E-state index contributed by atoms with van der Waals surface area (Å²) in [5.41, 5.74) is 0.